The second kappa shape index (κ2) is 9.76. The zero-order valence-electron chi connectivity index (χ0n) is 16.5. The van der Waals surface area contributed by atoms with Gasteiger partial charge in [0.25, 0.3) is 0 Å². The minimum atomic E-state index is 0.497. The van der Waals surface area contributed by atoms with Gasteiger partial charge >= 0.3 is 0 Å². The van der Waals surface area contributed by atoms with E-state index in [9.17, 15) is 0 Å². The van der Waals surface area contributed by atoms with E-state index in [1.54, 1.807) is 5.56 Å². The van der Waals surface area contributed by atoms with Crippen molar-refractivity contribution in [2.45, 2.75) is 96.5 Å². The summed E-state index contributed by atoms with van der Waals surface area (Å²) in [6.07, 6.45) is 15.2. The van der Waals surface area contributed by atoms with Crippen molar-refractivity contribution in [2.24, 2.45) is 11.8 Å². The lowest BCUT2D eigenvalue weighted by Crippen LogP contribution is -2.26. The van der Waals surface area contributed by atoms with Crippen molar-refractivity contribution in [3.63, 3.8) is 0 Å². The average Bonchev–Trinajstić information content (AvgIpc) is 2.68. The average molecular weight is 343 g/mol. The summed E-state index contributed by atoms with van der Waals surface area (Å²) in [4.78, 5) is 0. The van der Waals surface area contributed by atoms with Crippen molar-refractivity contribution in [3.05, 3.63) is 35.4 Å². The quantitative estimate of drug-likeness (QED) is 0.523. The Labute approximate surface area is 155 Å². The number of ether oxygens (including phenoxy) is 1. The van der Waals surface area contributed by atoms with Gasteiger partial charge in [-0.15, -0.1) is 0 Å². The van der Waals surface area contributed by atoms with Crippen molar-refractivity contribution in [2.75, 3.05) is 6.61 Å². The maximum atomic E-state index is 6.10. The van der Waals surface area contributed by atoms with Gasteiger partial charge in [0, 0.05) is 6.61 Å². The maximum absolute atomic E-state index is 6.10. The van der Waals surface area contributed by atoms with Crippen LogP contribution in [0.2, 0.25) is 0 Å². The molecule has 1 saturated heterocycles. The first kappa shape index (κ1) is 19.0. The van der Waals surface area contributed by atoms with Gasteiger partial charge in [0.05, 0.1) is 6.10 Å². The Morgan fingerprint density at radius 3 is 2.16 bits per heavy atom. The fourth-order valence-electron chi connectivity index (χ4n) is 4.91. The van der Waals surface area contributed by atoms with E-state index in [1.165, 1.54) is 76.2 Å². The first-order chi connectivity index (χ1) is 12.3. The summed E-state index contributed by atoms with van der Waals surface area (Å²) in [5, 5.41) is 0. The van der Waals surface area contributed by atoms with Crippen LogP contribution in [-0.4, -0.2) is 12.7 Å². The normalized spacial score (nSPS) is 30.3. The van der Waals surface area contributed by atoms with Gasteiger partial charge in [-0.05, 0) is 86.7 Å². The molecule has 0 aromatic heterocycles. The molecular weight excluding hydrogens is 304 g/mol. The molecule has 1 nitrogen and oxygen atoms in total. The smallest absolute Gasteiger partial charge is 0.0578 e. The van der Waals surface area contributed by atoms with Gasteiger partial charge in [0.1, 0.15) is 0 Å². The largest absolute Gasteiger partial charge is 0.378 e. The van der Waals surface area contributed by atoms with Crippen molar-refractivity contribution in [1.29, 1.82) is 0 Å². The summed E-state index contributed by atoms with van der Waals surface area (Å²) in [5.41, 5.74) is 3.07. The summed E-state index contributed by atoms with van der Waals surface area (Å²) >= 11 is 0. The van der Waals surface area contributed by atoms with E-state index >= 15 is 0 Å². The Kier molecular flexibility index (Phi) is 7.40. The molecule has 1 aromatic carbocycles. The molecule has 2 atom stereocenters. The van der Waals surface area contributed by atoms with Crippen LogP contribution in [0.25, 0.3) is 0 Å². The molecule has 3 rings (SSSR count). The Bertz CT molecular complexity index is 475. The van der Waals surface area contributed by atoms with Crippen LogP contribution in [0, 0.1) is 11.8 Å². The summed E-state index contributed by atoms with van der Waals surface area (Å²) < 4.78 is 6.10. The van der Waals surface area contributed by atoms with Crippen molar-refractivity contribution in [3.8, 4) is 0 Å². The second-order valence-electron chi connectivity index (χ2n) is 8.59. The number of hydrogen-bond acceptors (Lipinski definition) is 1. The molecule has 1 saturated carbocycles. The molecule has 1 heteroatoms. The fraction of sp³-hybridized carbons (Fsp3) is 0.750. The van der Waals surface area contributed by atoms with Gasteiger partial charge in [-0.2, -0.15) is 0 Å². The molecule has 0 amide bonds. The molecule has 2 fully saturated rings. The van der Waals surface area contributed by atoms with Crippen LogP contribution >= 0.6 is 0 Å². The summed E-state index contributed by atoms with van der Waals surface area (Å²) in [6, 6.07) is 9.57. The Balaban J connectivity index is 1.41. The van der Waals surface area contributed by atoms with Crippen molar-refractivity contribution in [1.82, 2.24) is 0 Å². The molecule has 0 N–H and O–H groups in total. The van der Waals surface area contributed by atoms with Crippen LogP contribution in [0.1, 0.15) is 95.1 Å². The Morgan fingerprint density at radius 1 is 0.840 bits per heavy atom. The van der Waals surface area contributed by atoms with Crippen LogP contribution in [0.4, 0.5) is 0 Å². The van der Waals surface area contributed by atoms with Crippen molar-refractivity contribution >= 4 is 0 Å². The zero-order valence-corrected chi connectivity index (χ0v) is 16.5. The highest BCUT2D eigenvalue weighted by atomic mass is 16.5. The molecule has 2 unspecified atom stereocenters. The van der Waals surface area contributed by atoms with E-state index < -0.39 is 0 Å². The first-order valence-electron chi connectivity index (χ1n) is 11.0. The highest BCUT2D eigenvalue weighted by molar-refractivity contribution is 5.26. The Morgan fingerprint density at radius 2 is 1.56 bits per heavy atom. The second-order valence-corrected chi connectivity index (χ2v) is 8.59. The first-order valence-corrected chi connectivity index (χ1v) is 11.0. The molecule has 1 aliphatic carbocycles. The molecule has 0 radical (unpaired) electrons. The van der Waals surface area contributed by atoms with E-state index in [-0.39, 0.29) is 0 Å². The van der Waals surface area contributed by atoms with Gasteiger partial charge in [-0.1, -0.05) is 51.0 Å². The number of rotatable bonds is 7. The van der Waals surface area contributed by atoms with Gasteiger partial charge in [-0.3, -0.25) is 0 Å². The highest BCUT2D eigenvalue weighted by Crippen LogP contribution is 2.37. The van der Waals surface area contributed by atoms with Crippen LogP contribution in [0.15, 0.2) is 24.3 Å². The van der Waals surface area contributed by atoms with Crippen molar-refractivity contribution < 1.29 is 4.74 Å². The molecule has 2 aliphatic rings. The summed E-state index contributed by atoms with van der Waals surface area (Å²) in [6.45, 7) is 5.63. The monoisotopic (exact) mass is 342 g/mol. The standard InChI is InChI=1S/C24H38O/c1-3-5-21-11-17-24(25-18-21)16-10-20-8-14-23(15-9-20)22-12-6-19(4-2)7-13-22/h8-9,14-15,19,21-22,24H,3-7,10-13,16-18H2,1-2H3. The summed E-state index contributed by atoms with van der Waals surface area (Å²) in [5.74, 6) is 2.63. The topological polar surface area (TPSA) is 9.23 Å². The van der Waals surface area contributed by atoms with Crippen LogP contribution < -0.4 is 0 Å². The molecular formula is C24H38O. The van der Waals surface area contributed by atoms with Gasteiger partial charge < -0.3 is 4.74 Å². The molecule has 1 aromatic rings. The molecule has 0 bridgehead atoms. The van der Waals surface area contributed by atoms with Gasteiger partial charge in [0.2, 0.25) is 0 Å². The van der Waals surface area contributed by atoms with E-state index in [1.807, 2.05) is 0 Å². The SMILES string of the molecule is CCCC1CCC(CCc2ccc(C3CCC(CC)CC3)cc2)OC1. The molecule has 1 aliphatic heterocycles. The van der Waals surface area contributed by atoms with Crippen LogP contribution in [0.5, 0.6) is 0 Å². The molecule has 25 heavy (non-hydrogen) atoms. The molecule has 140 valence electrons. The third kappa shape index (κ3) is 5.58. The van der Waals surface area contributed by atoms with E-state index in [2.05, 4.69) is 38.1 Å². The predicted molar refractivity (Wildman–Crippen MR) is 107 cm³/mol. The third-order valence-electron chi connectivity index (χ3n) is 6.79. The molecule has 0 spiro atoms. The molecule has 1 heterocycles. The predicted octanol–water partition coefficient (Wildman–Crippen LogP) is 6.90. The minimum absolute atomic E-state index is 0.497. The number of hydrogen-bond donors (Lipinski definition) is 0. The minimum Gasteiger partial charge on any atom is -0.378 e. The lowest BCUT2D eigenvalue weighted by atomic mass is 9.78. The number of benzene rings is 1. The summed E-state index contributed by atoms with van der Waals surface area (Å²) in [7, 11) is 0. The number of aryl methyl sites for hydroxylation is 1. The lowest BCUT2D eigenvalue weighted by molar-refractivity contribution is -0.0215. The maximum Gasteiger partial charge on any atom is 0.0578 e. The van der Waals surface area contributed by atoms with E-state index in [4.69, 9.17) is 4.74 Å². The third-order valence-corrected chi connectivity index (χ3v) is 6.79. The van der Waals surface area contributed by atoms with Crippen LogP contribution in [-0.2, 0) is 11.2 Å². The van der Waals surface area contributed by atoms with Gasteiger partial charge in [-0.25, -0.2) is 0 Å². The fourth-order valence-corrected chi connectivity index (χ4v) is 4.91. The Hall–Kier alpha value is -0.820. The lowest BCUT2D eigenvalue weighted by Gasteiger charge is -2.29. The van der Waals surface area contributed by atoms with Gasteiger partial charge in [0.15, 0.2) is 0 Å². The zero-order chi connectivity index (χ0) is 17.5. The van der Waals surface area contributed by atoms with Crippen LogP contribution in [0.3, 0.4) is 0 Å². The van der Waals surface area contributed by atoms with E-state index in [0.717, 1.165) is 24.4 Å². The van der Waals surface area contributed by atoms with E-state index in [0.29, 0.717) is 6.10 Å². The highest BCUT2D eigenvalue weighted by Gasteiger charge is 2.22.